The van der Waals surface area contributed by atoms with Crippen molar-refractivity contribution in [3.63, 3.8) is 0 Å². The number of carbonyl (C=O) groups is 2. The molecular weight excluding hydrogens is 298 g/mol. The molecule has 0 saturated heterocycles. The van der Waals surface area contributed by atoms with Crippen LogP contribution in [0.4, 0.5) is 5.69 Å². The van der Waals surface area contributed by atoms with E-state index in [9.17, 15) is 9.59 Å². The number of ether oxygens (including phenoxy) is 1. The van der Waals surface area contributed by atoms with Gasteiger partial charge in [0.15, 0.2) is 0 Å². The van der Waals surface area contributed by atoms with E-state index in [-0.39, 0.29) is 17.8 Å². The van der Waals surface area contributed by atoms with Crippen LogP contribution in [0.3, 0.4) is 0 Å². The van der Waals surface area contributed by atoms with E-state index in [4.69, 9.17) is 11.6 Å². The van der Waals surface area contributed by atoms with Gasteiger partial charge in [0.25, 0.3) is 0 Å². The van der Waals surface area contributed by atoms with E-state index in [1.807, 2.05) is 6.92 Å². The summed E-state index contributed by atoms with van der Waals surface area (Å²) in [4.78, 5) is 22.9. The molecule has 1 atom stereocenters. The first kappa shape index (κ1) is 16.9. The highest BCUT2D eigenvalue weighted by Crippen LogP contribution is 2.16. The third kappa shape index (κ3) is 6.30. The van der Waals surface area contributed by atoms with E-state index in [1.165, 1.54) is 7.11 Å². The summed E-state index contributed by atoms with van der Waals surface area (Å²) in [5.41, 5.74) is 0.690. The van der Waals surface area contributed by atoms with Crippen LogP contribution in [0.15, 0.2) is 24.3 Å². The number of benzene rings is 1. The van der Waals surface area contributed by atoms with Gasteiger partial charge < -0.3 is 10.1 Å². The number of nitrogens with one attached hydrogen (secondary N) is 1. The smallest absolute Gasteiger partial charge is 0.309 e. The molecule has 0 aromatic heterocycles. The first-order valence-electron chi connectivity index (χ1n) is 6.24. The summed E-state index contributed by atoms with van der Waals surface area (Å²) in [6.07, 6.45) is 0.394. The van der Waals surface area contributed by atoms with Crippen LogP contribution in [-0.2, 0) is 14.3 Å². The van der Waals surface area contributed by atoms with Crippen LogP contribution in [0.5, 0.6) is 0 Å². The van der Waals surface area contributed by atoms with E-state index >= 15 is 0 Å². The van der Waals surface area contributed by atoms with Crippen LogP contribution in [0.25, 0.3) is 0 Å². The van der Waals surface area contributed by atoms with Crippen molar-refractivity contribution in [2.24, 2.45) is 5.92 Å². The normalized spacial score (nSPS) is 11.8. The summed E-state index contributed by atoms with van der Waals surface area (Å²) in [5.74, 6) is 0.873. The fraction of sp³-hybridized carbons (Fsp3) is 0.429. The molecule has 0 saturated carbocycles. The van der Waals surface area contributed by atoms with Crippen molar-refractivity contribution in [2.45, 2.75) is 13.3 Å². The Bertz CT molecular complexity index is 467. The molecule has 0 aliphatic rings. The minimum atomic E-state index is -0.221. The van der Waals surface area contributed by atoms with Crippen LogP contribution >= 0.6 is 23.4 Å². The van der Waals surface area contributed by atoms with E-state index in [0.29, 0.717) is 28.6 Å². The van der Waals surface area contributed by atoms with Crippen LogP contribution in [0, 0.1) is 5.92 Å². The van der Waals surface area contributed by atoms with Gasteiger partial charge in [-0.15, -0.1) is 0 Å². The van der Waals surface area contributed by atoms with E-state index in [0.717, 1.165) is 0 Å². The van der Waals surface area contributed by atoms with Gasteiger partial charge in [-0.05, 0) is 18.2 Å². The number of anilines is 1. The highest BCUT2D eigenvalue weighted by atomic mass is 35.5. The lowest BCUT2D eigenvalue weighted by atomic mass is 10.2. The lowest BCUT2D eigenvalue weighted by Gasteiger charge is -2.08. The minimum absolute atomic E-state index is 0.0644. The molecule has 0 aliphatic carbocycles. The van der Waals surface area contributed by atoms with Crippen molar-refractivity contribution in [1.29, 1.82) is 0 Å². The Balaban J connectivity index is 2.22. The molecule has 0 radical (unpaired) electrons. The molecule has 110 valence electrons. The zero-order valence-corrected chi connectivity index (χ0v) is 13.1. The van der Waals surface area contributed by atoms with Crippen molar-refractivity contribution in [1.82, 2.24) is 0 Å². The van der Waals surface area contributed by atoms with Crippen molar-refractivity contribution < 1.29 is 14.3 Å². The van der Waals surface area contributed by atoms with Crippen LogP contribution in [0.2, 0.25) is 5.02 Å². The highest BCUT2D eigenvalue weighted by molar-refractivity contribution is 7.99. The van der Waals surface area contributed by atoms with Crippen molar-refractivity contribution in [2.75, 3.05) is 23.9 Å². The third-order valence-electron chi connectivity index (χ3n) is 2.55. The number of amides is 1. The Labute approximate surface area is 128 Å². The maximum atomic E-state index is 11.7. The van der Waals surface area contributed by atoms with Gasteiger partial charge in [-0.1, -0.05) is 24.6 Å². The van der Waals surface area contributed by atoms with Gasteiger partial charge in [-0.25, -0.2) is 0 Å². The second-order valence-electron chi connectivity index (χ2n) is 4.31. The molecule has 1 rings (SSSR count). The van der Waals surface area contributed by atoms with Crippen LogP contribution in [-0.4, -0.2) is 30.5 Å². The van der Waals surface area contributed by atoms with Gasteiger partial charge in [0, 0.05) is 28.6 Å². The molecule has 20 heavy (non-hydrogen) atoms. The van der Waals surface area contributed by atoms with Crippen molar-refractivity contribution in [3.05, 3.63) is 29.3 Å². The second-order valence-corrected chi connectivity index (χ2v) is 5.89. The molecule has 1 amide bonds. The molecule has 1 aromatic carbocycles. The maximum absolute atomic E-state index is 11.7. The first-order valence-corrected chi connectivity index (χ1v) is 7.77. The Hall–Kier alpha value is -1.20. The van der Waals surface area contributed by atoms with Gasteiger partial charge in [0.1, 0.15) is 0 Å². The van der Waals surface area contributed by atoms with E-state index in [2.05, 4.69) is 10.1 Å². The summed E-state index contributed by atoms with van der Waals surface area (Å²) in [5, 5.41) is 3.36. The van der Waals surface area contributed by atoms with Crippen molar-refractivity contribution in [3.8, 4) is 0 Å². The molecule has 1 aromatic rings. The molecule has 4 nitrogen and oxygen atoms in total. The molecule has 1 N–H and O–H groups in total. The second kappa shape index (κ2) is 8.87. The molecular formula is C14H18ClNO3S. The van der Waals surface area contributed by atoms with E-state index in [1.54, 1.807) is 36.0 Å². The summed E-state index contributed by atoms with van der Waals surface area (Å²) < 4.78 is 4.64. The Morgan fingerprint density at radius 2 is 2.20 bits per heavy atom. The quantitative estimate of drug-likeness (QED) is 0.620. The number of hydrogen-bond donors (Lipinski definition) is 1. The monoisotopic (exact) mass is 315 g/mol. The van der Waals surface area contributed by atoms with Crippen molar-refractivity contribution >= 4 is 40.9 Å². The topological polar surface area (TPSA) is 55.4 Å². The zero-order chi connectivity index (χ0) is 15.0. The Morgan fingerprint density at radius 3 is 2.85 bits per heavy atom. The molecule has 1 unspecified atom stereocenters. The van der Waals surface area contributed by atoms with Gasteiger partial charge in [0.2, 0.25) is 5.91 Å². The minimum Gasteiger partial charge on any atom is -0.469 e. The fourth-order valence-electron chi connectivity index (χ4n) is 1.48. The fourth-order valence-corrected chi connectivity index (χ4v) is 2.66. The van der Waals surface area contributed by atoms with Gasteiger partial charge >= 0.3 is 5.97 Å². The number of esters is 1. The van der Waals surface area contributed by atoms with Gasteiger partial charge in [-0.2, -0.15) is 11.8 Å². The number of hydrogen-bond acceptors (Lipinski definition) is 4. The third-order valence-corrected chi connectivity index (χ3v) is 4.02. The average molecular weight is 316 g/mol. The van der Waals surface area contributed by atoms with Gasteiger partial charge in [0.05, 0.1) is 13.0 Å². The molecule has 0 fully saturated rings. The molecule has 0 heterocycles. The molecule has 6 heteroatoms. The Kier molecular flexibility index (Phi) is 7.47. The lowest BCUT2D eigenvalue weighted by molar-refractivity contribution is -0.144. The van der Waals surface area contributed by atoms with Gasteiger partial charge in [-0.3, -0.25) is 9.59 Å². The number of carbonyl (C=O) groups excluding carboxylic acids is 2. The number of halogens is 1. The van der Waals surface area contributed by atoms with E-state index < -0.39 is 0 Å². The highest BCUT2D eigenvalue weighted by Gasteiger charge is 2.13. The lowest BCUT2D eigenvalue weighted by Crippen LogP contribution is -2.16. The standard InChI is InChI=1S/C14H18ClNO3S/c1-10(14(18)19-2)9-20-7-6-13(17)16-12-5-3-4-11(15)8-12/h3-5,8,10H,6-7,9H2,1-2H3,(H,16,17). The summed E-state index contributed by atoms with van der Waals surface area (Å²) in [6.45, 7) is 1.81. The number of thioether (sulfide) groups is 1. The predicted octanol–water partition coefficient (Wildman–Crippen LogP) is 3.21. The largest absolute Gasteiger partial charge is 0.469 e. The molecule has 0 spiro atoms. The number of rotatable bonds is 7. The van der Waals surface area contributed by atoms with Crippen LogP contribution in [0.1, 0.15) is 13.3 Å². The maximum Gasteiger partial charge on any atom is 0.309 e. The zero-order valence-electron chi connectivity index (χ0n) is 11.5. The first-order chi connectivity index (χ1) is 9.52. The molecule has 0 aliphatic heterocycles. The summed E-state index contributed by atoms with van der Waals surface area (Å²) >= 11 is 7.39. The van der Waals surface area contributed by atoms with Crippen LogP contribution < -0.4 is 5.32 Å². The SMILES string of the molecule is COC(=O)C(C)CSCCC(=O)Nc1cccc(Cl)c1. The summed E-state index contributed by atoms with van der Waals surface area (Å²) in [7, 11) is 1.38. The molecule has 0 bridgehead atoms. The average Bonchev–Trinajstić information content (AvgIpc) is 2.42. The number of methoxy groups -OCH3 is 1. The predicted molar refractivity (Wildman–Crippen MR) is 83.2 cm³/mol. The Morgan fingerprint density at radius 1 is 1.45 bits per heavy atom. The summed E-state index contributed by atoms with van der Waals surface area (Å²) in [6, 6.07) is 7.02.